The molecule has 27 heavy (non-hydrogen) atoms. The highest BCUT2D eigenvalue weighted by atomic mass is 32.1. The van der Waals surface area contributed by atoms with Crippen molar-refractivity contribution in [1.29, 1.82) is 0 Å². The van der Waals surface area contributed by atoms with E-state index in [1.54, 1.807) is 0 Å². The molecule has 2 aromatic rings. The quantitative estimate of drug-likeness (QED) is 0.585. The van der Waals surface area contributed by atoms with Crippen LogP contribution >= 0.6 is 12.2 Å². The zero-order valence-electron chi connectivity index (χ0n) is 16.0. The van der Waals surface area contributed by atoms with Crippen molar-refractivity contribution in [2.45, 2.75) is 12.5 Å². The van der Waals surface area contributed by atoms with E-state index in [0.717, 1.165) is 50.9 Å². The smallest absolute Gasteiger partial charge is 0.169 e. The van der Waals surface area contributed by atoms with E-state index in [4.69, 9.17) is 17.0 Å². The Morgan fingerprint density at radius 2 is 1.59 bits per heavy atom. The fourth-order valence-electron chi connectivity index (χ4n) is 3.48. The minimum atomic E-state index is 0.103. The SMILES string of the molecule is CN(C(=S)NCCCN1CCOCC1)C(c1ccccc1)c1ccccc1. The molecule has 144 valence electrons. The van der Waals surface area contributed by atoms with Gasteiger partial charge in [0.25, 0.3) is 0 Å². The Labute approximate surface area is 168 Å². The van der Waals surface area contributed by atoms with Gasteiger partial charge in [-0.1, -0.05) is 60.7 Å². The molecule has 0 aliphatic carbocycles. The lowest BCUT2D eigenvalue weighted by molar-refractivity contribution is 0.0376. The fraction of sp³-hybridized carbons (Fsp3) is 0.409. The Balaban J connectivity index is 1.58. The summed E-state index contributed by atoms with van der Waals surface area (Å²) in [6.07, 6.45) is 1.08. The summed E-state index contributed by atoms with van der Waals surface area (Å²) in [5.41, 5.74) is 2.48. The molecule has 2 aromatic carbocycles. The molecule has 1 saturated heterocycles. The van der Waals surface area contributed by atoms with Crippen LogP contribution in [0.1, 0.15) is 23.6 Å². The van der Waals surface area contributed by atoms with E-state index in [-0.39, 0.29) is 6.04 Å². The molecular formula is C22H29N3OS. The van der Waals surface area contributed by atoms with Gasteiger partial charge in [0.05, 0.1) is 19.3 Å². The van der Waals surface area contributed by atoms with E-state index in [2.05, 4.69) is 70.7 Å². The molecule has 1 aliphatic rings. The zero-order chi connectivity index (χ0) is 18.9. The van der Waals surface area contributed by atoms with Crippen LogP contribution in [0.4, 0.5) is 0 Å². The maximum absolute atomic E-state index is 5.70. The van der Waals surface area contributed by atoms with Crippen molar-refractivity contribution in [1.82, 2.24) is 15.1 Å². The molecule has 1 fully saturated rings. The van der Waals surface area contributed by atoms with Gasteiger partial charge in [0, 0.05) is 26.7 Å². The molecule has 1 N–H and O–H groups in total. The summed E-state index contributed by atoms with van der Waals surface area (Å²) in [7, 11) is 2.07. The Bertz CT molecular complexity index is 650. The molecular weight excluding hydrogens is 354 g/mol. The van der Waals surface area contributed by atoms with E-state index in [0.29, 0.717) is 0 Å². The van der Waals surface area contributed by atoms with Gasteiger partial charge in [-0.05, 0) is 36.3 Å². The Hall–Kier alpha value is -1.95. The van der Waals surface area contributed by atoms with Gasteiger partial charge in [0.2, 0.25) is 0 Å². The third-order valence-electron chi connectivity index (χ3n) is 4.97. The number of morpholine rings is 1. The molecule has 5 heteroatoms. The lowest BCUT2D eigenvalue weighted by atomic mass is 9.98. The van der Waals surface area contributed by atoms with Crippen molar-refractivity contribution >= 4 is 17.3 Å². The van der Waals surface area contributed by atoms with E-state index >= 15 is 0 Å². The van der Waals surface area contributed by atoms with Crippen LogP contribution in [0.15, 0.2) is 60.7 Å². The summed E-state index contributed by atoms with van der Waals surface area (Å²) in [5, 5.41) is 4.23. The van der Waals surface area contributed by atoms with Crippen LogP contribution in [0.2, 0.25) is 0 Å². The van der Waals surface area contributed by atoms with Gasteiger partial charge in [0.1, 0.15) is 0 Å². The lowest BCUT2D eigenvalue weighted by Gasteiger charge is -2.32. The van der Waals surface area contributed by atoms with Gasteiger partial charge >= 0.3 is 0 Å². The van der Waals surface area contributed by atoms with Gasteiger partial charge in [0.15, 0.2) is 5.11 Å². The van der Waals surface area contributed by atoms with Gasteiger partial charge in [-0.2, -0.15) is 0 Å². The average Bonchev–Trinajstić information content (AvgIpc) is 2.73. The maximum atomic E-state index is 5.70. The number of nitrogens with zero attached hydrogens (tertiary/aromatic N) is 2. The highest BCUT2D eigenvalue weighted by Crippen LogP contribution is 2.27. The summed E-state index contributed by atoms with van der Waals surface area (Å²) >= 11 is 5.70. The second-order valence-electron chi connectivity index (χ2n) is 6.87. The molecule has 0 amide bonds. The number of benzene rings is 2. The summed E-state index contributed by atoms with van der Waals surface area (Å²) < 4.78 is 5.40. The third-order valence-corrected chi connectivity index (χ3v) is 5.40. The third kappa shape index (κ3) is 5.76. The Morgan fingerprint density at radius 3 is 2.15 bits per heavy atom. The van der Waals surface area contributed by atoms with Crippen LogP contribution in [-0.2, 0) is 4.74 Å². The maximum Gasteiger partial charge on any atom is 0.169 e. The second-order valence-corrected chi connectivity index (χ2v) is 7.26. The minimum Gasteiger partial charge on any atom is -0.379 e. The topological polar surface area (TPSA) is 27.7 Å². The van der Waals surface area contributed by atoms with Crippen LogP contribution in [0.25, 0.3) is 0 Å². The summed E-state index contributed by atoms with van der Waals surface area (Å²) in [5.74, 6) is 0. The first kappa shape index (κ1) is 19.8. The van der Waals surface area contributed by atoms with Crippen LogP contribution in [0, 0.1) is 0 Å². The fourth-order valence-corrected chi connectivity index (χ4v) is 3.68. The molecule has 1 aliphatic heterocycles. The highest BCUT2D eigenvalue weighted by Gasteiger charge is 2.21. The van der Waals surface area contributed by atoms with Crippen molar-refractivity contribution in [3.8, 4) is 0 Å². The standard InChI is InChI=1S/C22H29N3OS/c1-24(22(27)23-13-8-14-25-15-17-26-18-16-25)21(19-9-4-2-5-10-19)20-11-6-3-7-12-20/h2-7,9-12,21H,8,13-18H2,1H3,(H,23,27). The second kappa shape index (κ2) is 10.4. The summed E-state index contributed by atoms with van der Waals surface area (Å²) in [6.45, 7) is 5.75. The lowest BCUT2D eigenvalue weighted by Crippen LogP contribution is -2.42. The molecule has 1 heterocycles. The largest absolute Gasteiger partial charge is 0.379 e. The van der Waals surface area contributed by atoms with Crippen LogP contribution < -0.4 is 5.32 Å². The molecule has 4 nitrogen and oxygen atoms in total. The molecule has 0 spiro atoms. The monoisotopic (exact) mass is 383 g/mol. The van der Waals surface area contributed by atoms with Crippen LogP contribution in [0.5, 0.6) is 0 Å². The molecule has 0 bridgehead atoms. The molecule has 0 saturated carbocycles. The normalized spacial score (nSPS) is 14.9. The first-order valence-corrected chi connectivity index (χ1v) is 10.1. The molecule has 0 radical (unpaired) electrons. The number of nitrogens with one attached hydrogen (secondary N) is 1. The van der Waals surface area contributed by atoms with Crippen molar-refractivity contribution < 1.29 is 4.74 Å². The first-order chi connectivity index (χ1) is 13.3. The number of rotatable bonds is 7. The number of hydrogen-bond acceptors (Lipinski definition) is 3. The average molecular weight is 384 g/mol. The van der Waals surface area contributed by atoms with Crippen molar-refractivity contribution in [3.63, 3.8) is 0 Å². The van der Waals surface area contributed by atoms with E-state index in [1.165, 1.54) is 11.1 Å². The van der Waals surface area contributed by atoms with Crippen molar-refractivity contribution in [2.24, 2.45) is 0 Å². The zero-order valence-corrected chi connectivity index (χ0v) is 16.8. The predicted molar refractivity (Wildman–Crippen MR) is 115 cm³/mol. The van der Waals surface area contributed by atoms with E-state index < -0.39 is 0 Å². The Morgan fingerprint density at radius 1 is 1.04 bits per heavy atom. The molecule has 3 rings (SSSR count). The highest BCUT2D eigenvalue weighted by molar-refractivity contribution is 7.80. The predicted octanol–water partition coefficient (Wildman–Crippen LogP) is 3.30. The number of hydrogen-bond donors (Lipinski definition) is 1. The van der Waals surface area contributed by atoms with E-state index in [1.807, 2.05) is 12.1 Å². The molecule has 0 unspecified atom stereocenters. The van der Waals surface area contributed by atoms with Gasteiger partial charge in [-0.15, -0.1) is 0 Å². The summed E-state index contributed by atoms with van der Waals surface area (Å²) in [4.78, 5) is 4.61. The van der Waals surface area contributed by atoms with Crippen LogP contribution in [-0.4, -0.2) is 61.4 Å². The number of ether oxygens (including phenoxy) is 1. The van der Waals surface area contributed by atoms with Crippen molar-refractivity contribution in [3.05, 3.63) is 71.8 Å². The van der Waals surface area contributed by atoms with Gasteiger partial charge in [-0.3, -0.25) is 4.90 Å². The first-order valence-electron chi connectivity index (χ1n) is 9.66. The number of thiocarbonyl (C=S) groups is 1. The van der Waals surface area contributed by atoms with Crippen LogP contribution in [0.3, 0.4) is 0 Å². The summed E-state index contributed by atoms with van der Waals surface area (Å²) in [6, 6.07) is 21.2. The Kier molecular flexibility index (Phi) is 7.63. The van der Waals surface area contributed by atoms with Gasteiger partial charge < -0.3 is 15.0 Å². The molecule has 0 aromatic heterocycles. The van der Waals surface area contributed by atoms with E-state index in [9.17, 15) is 0 Å². The minimum absolute atomic E-state index is 0.103. The molecule has 0 atom stereocenters. The van der Waals surface area contributed by atoms with Crippen molar-refractivity contribution in [2.75, 3.05) is 46.4 Å². The van der Waals surface area contributed by atoms with Gasteiger partial charge in [-0.25, -0.2) is 0 Å².